The molecule has 3 rings (SSSR count). The third kappa shape index (κ3) is 3.63. The van der Waals surface area contributed by atoms with E-state index in [1.54, 1.807) is 10.9 Å². The Balaban J connectivity index is 1.75. The highest BCUT2D eigenvalue weighted by Crippen LogP contribution is 2.17. The second kappa shape index (κ2) is 6.93. The summed E-state index contributed by atoms with van der Waals surface area (Å²) in [6.07, 6.45) is 4.53. The van der Waals surface area contributed by atoms with Gasteiger partial charge in [0.1, 0.15) is 0 Å². The van der Waals surface area contributed by atoms with Gasteiger partial charge in [-0.1, -0.05) is 6.92 Å². The van der Waals surface area contributed by atoms with Crippen LogP contribution in [0.5, 0.6) is 0 Å². The van der Waals surface area contributed by atoms with Gasteiger partial charge in [0.05, 0.1) is 23.6 Å². The number of hydrogen-bond acceptors (Lipinski definition) is 3. The molecule has 1 N–H and O–H groups in total. The molecule has 0 aliphatic rings. The van der Waals surface area contributed by atoms with Gasteiger partial charge in [0, 0.05) is 30.1 Å². The van der Waals surface area contributed by atoms with Gasteiger partial charge in [-0.05, 0) is 50.6 Å². The summed E-state index contributed by atoms with van der Waals surface area (Å²) in [5.74, 6) is -0.0874. The molecule has 6 heteroatoms. The van der Waals surface area contributed by atoms with E-state index in [4.69, 9.17) is 0 Å². The Kier molecular flexibility index (Phi) is 4.70. The standard InChI is InChI=1S/C19H23N5O/c1-5-18(16-11-20-23(4)12-16)21-19(25)15-6-8-17(9-7-15)24-14(3)10-13(2)22-24/h6-12,18H,5H2,1-4H3,(H,21,25)/t18-/m0/s1. The average molecular weight is 337 g/mol. The molecule has 0 aliphatic carbocycles. The van der Waals surface area contributed by atoms with Crippen LogP contribution in [0.1, 0.15) is 46.7 Å². The number of aryl methyl sites for hydroxylation is 3. The normalized spacial score (nSPS) is 12.2. The van der Waals surface area contributed by atoms with Gasteiger partial charge in [-0.15, -0.1) is 0 Å². The molecule has 0 saturated carbocycles. The monoisotopic (exact) mass is 337 g/mol. The number of carbonyl (C=O) groups excluding carboxylic acids is 1. The molecular formula is C19H23N5O. The number of aromatic nitrogens is 4. The second-order valence-electron chi connectivity index (χ2n) is 6.27. The topological polar surface area (TPSA) is 64.7 Å². The van der Waals surface area contributed by atoms with Crippen molar-refractivity contribution in [1.82, 2.24) is 24.9 Å². The maximum atomic E-state index is 12.6. The molecule has 3 aromatic rings. The maximum Gasteiger partial charge on any atom is 0.251 e. The van der Waals surface area contributed by atoms with Crippen molar-refractivity contribution in [3.63, 3.8) is 0 Å². The summed E-state index contributed by atoms with van der Waals surface area (Å²) in [6.45, 7) is 6.03. The summed E-state index contributed by atoms with van der Waals surface area (Å²) in [4.78, 5) is 12.6. The Morgan fingerprint density at radius 1 is 1.24 bits per heavy atom. The molecule has 0 aliphatic heterocycles. The van der Waals surface area contributed by atoms with Crippen LogP contribution in [0.15, 0.2) is 42.7 Å². The van der Waals surface area contributed by atoms with Crippen molar-refractivity contribution in [2.24, 2.45) is 7.05 Å². The summed E-state index contributed by atoms with van der Waals surface area (Å²) in [5.41, 5.74) is 4.63. The minimum atomic E-state index is -0.0874. The SMILES string of the molecule is CC[C@H](NC(=O)c1ccc(-n2nc(C)cc2C)cc1)c1cnn(C)c1. The maximum absolute atomic E-state index is 12.6. The van der Waals surface area contributed by atoms with Gasteiger partial charge in [0.25, 0.3) is 5.91 Å². The van der Waals surface area contributed by atoms with E-state index in [0.717, 1.165) is 29.1 Å². The van der Waals surface area contributed by atoms with E-state index in [2.05, 4.69) is 15.5 Å². The van der Waals surface area contributed by atoms with Crippen molar-refractivity contribution in [1.29, 1.82) is 0 Å². The Hall–Kier alpha value is -2.89. The molecule has 0 spiro atoms. The van der Waals surface area contributed by atoms with Gasteiger partial charge >= 0.3 is 0 Å². The van der Waals surface area contributed by atoms with E-state index in [1.807, 2.05) is 69.0 Å². The van der Waals surface area contributed by atoms with Gasteiger partial charge in [-0.3, -0.25) is 9.48 Å². The van der Waals surface area contributed by atoms with Crippen molar-refractivity contribution in [3.05, 3.63) is 65.2 Å². The number of amides is 1. The molecule has 6 nitrogen and oxygen atoms in total. The molecule has 2 aromatic heterocycles. The molecule has 1 amide bonds. The van der Waals surface area contributed by atoms with Crippen molar-refractivity contribution in [2.75, 3.05) is 0 Å². The summed E-state index contributed by atoms with van der Waals surface area (Å²) in [5, 5.41) is 11.7. The first-order valence-electron chi connectivity index (χ1n) is 8.41. The third-order valence-electron chi connectivity index (χ3n) is 4.22. The lowest BCUT2D eigenvalue weighted by Crippen LogP contribution is -2.27. The Bertz CT molecular complexity index is 876. The fraction of sp³-hybridized carbons (Fsp3) is 0.316. The van der Waals surface area contributed by atoms with Gasteiger partial charge in [0.15, 0.2) is 0 Å². The van der Waals surface area contributed by atoms with Crippen molar-refractivity contribution < 1.29 is 4.79 Å². The van der Waals surface area contributed by atoms with Crippen LogP contribution in [-0.4, -0.2) is 25.5 Å². The van der Waals surface area contributed by atoms with Crippen LogP contribution in [0.25, 0.3) is 5.69 Å². The zero-order valence-corrected chi connectivity index (χ0v) is 15.0. The van der Waals surface area contributed by atoms with Gasteiger partial charge in [-0.2, -0.15) is 10.2 Å². The van der Waals surface area contributed by atoms with Crippen LogP contribution in [0.4, 0.5) is 0 Å². The van der Waals surface area contributed by atoms with Crippen LogP contribution in [0.2, 0.25) is 0 Å². The molecule has 1 aromatic carbocycles. The lowest BCUT2D eigenvalue weighted by Gasteiger charge is -2.15. The third-order valence-corrected chi connectivity index (χ3v) is 4.22. The fourth-order valence-electron chi connectivity index (χ4n) is 2.93. The Labute approximate surface area is 147 Å². The Morgan fingerprint density at radius 3 is 2.48 bits per heavy atom. The zero-order valence-electron chi connectivity index (χ0n) is 15.0. The molecule has 0 bridgehead atoms. The molecule has 25 heavy (non-hydrogen) atoms. The van der Waals surface area contributed by atoms with E-state index >= 15 is 0 Å². The number of benzene rings is 1. The van der Waals surface area contributed by atoms with Crippen molar-refractivity contribution in [3.8, 4) is 5.69 Å². The summed E-state index contributed by atoms with van der Waals surface area (Å²) in [6, 6.07) is 9.48. The first kappa shape index (κ1) is 17.0. The fourth-order valence-corrected chi connectivity index (χ4v) is 2.93. The Morgan fingerprint density at radius 2 is 1.96 bits per heavy atom. The molecule has 2 heterocycles. The largest absolute Gasteiger partial charge is 0.345 e. The van der Waals surface area contributed by atoms with Crippen LogP contribution in [0.3, 0.4) is 0 Å². The molecule has 1 atom stereocenters. The molecule has 0 fully saturated rings. The predicted molar refractivity (Wildman–Crippen MR) is 96.7 cm³/mol. The van der Waals surface area contributed by atoms with Crippen LogP contribution < -0.4 is 5.32 Å². The smallest absolute Gasteiger partial charge is 0.251 e. The molecular weight excluding hydrogens is 314 g/mol. The van der Waals surface area contributed by atoms with Gasteiger partial charge in [-0.25, -0.2) is 4.68 Å². The molecule has 0 saturated heterocycles. The first-order chi connectivity index (χ1) is 12.0. The van der Waals surface area contributed by atoms with E-state index in [0.29, 0.717) is 5.56 Å². The van der Waals surface area contributed by atoms with Gasteiger partial charge in [0.2, 0.25) is 0 Å². The molecule has 0 unspecified atom stereocenters. The number of rotatable bonds is 5. The van der Waals surface area contributed by atoms with E-state index in [-0.39, 0.29) is 11.9 Å². The van der Waals surface area contributed by atoms with Gasteiger partial charge < -0.3 is 5.32 Å². The van der Waals surface area contributed by atoms with Crippen molar-refractivity contribution in [2.45, 2.75) is 33.2 Å². The van der Waals surface area contributed by atoms with Crippen LogP contribution >= 0.6 is 0 Å². The summed E-state index contributed by atoms with van der Waals surface area (Å²) >= 11 is 0. The minimum absolute atomic E-state index is 0.0446. The van der Waals surface area contributed by atoms with Crippen LogP contribution in [-0.2, 0) is 7.05 Å². The number of nitrogens with one attached hydrogen (secondary N) is 1. The minimum Gasteiger partial charge on any atom is -0.345 e. The highest BCUT2D eigenvalue weighted by atomic mass is 16.1. The zero-order chi connectivity index (χ0) is 18.0. The molecule has 130 valence electrons. The quantitative estimate of drug-likeness (QED) is 0.778. The lowest BCUT2D eigenvalue weighted by atomic mass is 10.1. The highest BCUT2D eigenvalue weighted by Gasteiger charge is 2.15. The first-order valence-corrected chi connectivity index (χ1v) is 8.41. The summed E-state index contributed by atoms with van der Waals surface area (Å²) < 4.78 is 3.62. The van der Waals surface area contributed by atoms with Crippen molar-refractivity contribution >= 4 is 5.91 Å². The average Bonchev–Trinajstić information content (AvgIpc) is 3.17. The number of carbonyl (C=O) groups is 1. The van der Waals surface area contributed by atoms with E-state index in [1.165, 1.54) is 0 Å². The van der Waals surface area contributed by atoms with E-state index < -0.39 is 0 Å². The molecule has 0 radical (unpaired) electrons. The number of nitrogens with zero attached hydrogens (tertiary/aromatic N) is 4. The van der Waals surface area contributed by atoms with Crippen LogP contribution in [0, 0.1) is 13.8 Å². The predicted octanol–water partition coefficient (Wildman–Crippen LogP) is 3.10. The second-order valence-corrected chi connectivity index (χ2v) is 6.27. The highest BCUT2D eigenvalue weighted by molar-refractivity contribution is 5.94. The van der Waals surface area contributed by atoms with E-state index in [9.17, 15) is 4.79 Å². The number of hydrogen-bond donors (Lipinski definition) is 1. The summed E-state index contributed by atoms with van der Waals surface area (Å²) in [7, 11) is 1.87. The lowest BCUT2D eigenvalue weighted by molar-refractivity contribution is 0.0935.